The Morgan fingerprint density at radius 1 is 0.952 bits per heavy atom. The van der Waals surface area contributed by atoms with Crippen molar-refractivity contribution in [3.63, 3.8) is 0 Å². The first-order valence-electron chi connectivity index (χ1n) is 6.26. The zero-order valence-electron chi connectivity index (χ0n) is 10.9. The van der Waals surface area contributed by atoms with E-state index in [1.807, 2.05) is 24.3 Å². The average molecular weight is 340 g/mol. The number of phenolic OH excluding ortho intramolecular Hbond substituents is 1. The number of hydrogen-bond donors (Lipinski definition) is 1. The zero-order chi connectivity index (χ0) is 14.8. The molecule has 0 fully saturated rings. The maximum atomic E-state index is 10.1. The molecule has 0 aliphatic carbocycles. The second-order valence-corrected chi connectivity index (χ2v) is 5.44. The molecule has 0 atom stereocenters. The van der Waals surface area contributed by atoms with E-state index in [1.54, 1.807) is 30.3 Å². The molecule has 4 heteroatoms. The third-order valence-corrected chi connectivity index (χ3v) is 3.60. The fraction of sp³-hybridized carbons (Fsp3) is 0. The first-order valence-corrected chi connectivity index (χ1v) is 7.06. The van der Waals surface area contributed by atoms with Gasteiger partial charge in [-0.15, -0.1) is 0 Å². The molecule has 0 amide bonds. The van der Waals surface area contributed by atoms with Gasteiger partial charge in [0.2, 0.25) is 0 Å². The van der Waals surface area contributed by atoms with Crippen molar-refractivity contribution < 1.29 is 9.84 Å². The van der Waals surface area contributed by atoms with Gasteiger partial charge in [0.05, 0.1) is 5.56 Å². The molecule has 0 radical (unpaired) electrons. The number of fused-ring (bicyclic) bond motifs is 1. The van der Waals surface area contributed by atoms with Crippen molar-refractivity contribution in [2.45, 2.75) is 0 Å². The topological polar surface area (TPSA) is 53.2 Å². The minimum Gasteiger partial charge on any atom is -0.504 e. The van der Waals surface area contributed by atoms with E-state index in [1.165, 1.54) is 0 Å². The molecule has 0 aliphatic heterocycles. The molecule has 3 rings (SSSR count). The van der Waals surface area contributed by atoms with Crippen molar-refractivity contribution in [2.75, 3.05) is 0 Å². The molecule has 102 valence electrons. The Morgan fingerprint density at radius 2 is 1.67 bits per heavy atom. The second kappa shape index (κ2) is 5.47. The summed E-state index contributed by atoms with van der Waals surface area (Å²) in [6, 6.07) is 18.3. The predicted octanol–water partition coefficient (Wildman–Crippen LogP) is 4.97. The van der Waals surface area contributed by atoms with Crippen LogP contribution >= 0.6 is 15.9 Å². The van der Waals surface area contributed by atoms with Crippen LogP contribution in [0.15, 0.2) is 59.1 Å². The summed E-state index contributed by atoms with van der Waals surface area (Å²) in [5, 5.41) is 21.1. The summed E-state index contributed by atoms with van der Waals surface area (Å²) in [5.41, 5.74) is 0.400. The fourth-order valence-corrected chi connectivity index (χ4v) is 2.45. The first kappa shape index (κ1) is 13.5. The standard InChI is InChI=1S/C17H10BrNO2/c18-14-5-6-16(13(7-14)10-19)21-17-9-12-4-2-1-3-11(12)8-15(17)20/h1-9,20H. The SMILES string of the molecule is N#Cc1cc(Br)ccc1Oc1cc2ccccc2cc1O. The van der Waals surface area contributed by atoms with E-state index in [0.717, 1.165) is 15.2 Å². The molecular weight excluding hydrogens is 330 g/mol. The van der Waals surface area contributed by atoms with E-state index in [4.69, 9.17) is 10.00 Å². The van der Waals surface area contributed by atoms with Crippen LogP contribution in [0.4, 0.5) is 0 Å². The predicted molar refractivity (Wildman–Crippen MR) is 84.5 cm³/mol. The number of benzene rings is 3. The minimum absolute atomic E-state index is 0.0421. The Labute approximate surface area is 130 Å². The number of ether oxygens (including phenoxy) is 1. The van der Waals surface area contributed by atoms with E-state index in [0.29, 0.717) is 17.1 Å². The molecular formula is C17H10BrNO2. The fourth-order valence-electron chi connectivity index (χ4n) is 2.09. The Hall–Kier alpha value is -2.51. The molecule has 0 unspecified atom stereocenters. The normalized spacial score (nSPS) is 10.3. The van der Waals surface area contributed by atoms with Gasteiger partial charge >= 0.3 is 0 Å². The van der Waals surface area contributed by atoms with Crippen molar-refractivity contribution in [1.29, 1.82) is 5.26 Å². The van der Waals surface area contributed by atoms with E-state index >= 15 is 0 Å². The highest BCUT2D eigenvalue weighted by Gasteiger charge is 2.10. The van der Waals surface area contributed by atoms with Gasteiger partial charge in [-0.2, -0.15) is 5.26 Å². The summed E-state index contributed by atoms with van der Waals surface area (Å²) in [7, 11) is 0. The van der Waals surface area contributed by atoms with Gasteiger partial charge in [0.15, 0.2) is 11.5 Å². The molecule has 0 saturated heterocycles. The van der Waals surface area contributed by atoms with Gasteiger partial charge in [-0.25, -0.2) is 0 Å². The van der Waals surface area contributed by atoms with Gasteiger partial charge in [0.1, 0.15) is 11.8 Å². The molecule has 0 heterocycles. The monoisotopic (exact) mass is 339 g/mol. The van der Waals surface area contributed by atoms with E-state index in [-0.39, 0.29) is 5.75 Å². The molecule has 3 aromatic carbocycles. The molecule has 0 saturated carbocycles. The largest absolute Gasteiger partial charge is 0.504 e. The summed E-state index contributed by atoms with van der Waals surface area (Å²) in [6.07, 6.45) is 0. The lowest BCUT2D eigenvalue weighted by molar-refractivity contribution is 0.412. The van der Waals surface area contributed by atoms with Gasteiger partial charge in [0.25, 0.3) is 0 Å². The molecule has 0 aromatic heterocycles. The molecule has 0 spiro atoms. The van der Waals surface area contributed by atoms with E-state index < -0.39 is 0 Å². The summed E-state index contributed by atoms with van der Waals surface area (Å²) in [4.78, 5) is 0. The number of nitrogens with zero attached hydrogens (tertiary/aromatic N) is 1. The molecule has 0 bridgehead atoms. The molecule has 21 heavy (non-hydrogen) atoms. The Kier molecular flexibility index (Phi) is 3.51. The number of phenols is 1. The van der Waals surface area contributed by atoms with Crippen molar-refractivity contribution >= 4 is 26.7 Å². The summed E-state index contributed by atoms with van der Waals surface area (Å²) in [5.74, 6) is 0.777. The lowest BCUT2D eigenvalue weighted by atomic mass is 10.1. The smallest absolute Gasteiger partial charge is 0.169 e. The van der Waals surface area contributed by atoms with Crippen LogP contribution in [0.25, 0.3) is 10.8 Å². The number of nitriles is 1. The first-order chi connectivity index (χ1) is 10.2. The van der Waals surface area contributed by atoms with Crippen molar-refractivity contribution in [3.05, 3.63) is 64.6 Å². The van der Waals surface area contributed by atoms with Crippen LogP contribution < -0.4 is 4.74 Å². The lowest BCUT2D eigenvalue weighted by Crippen LogP contribution is -1.89. The summed E-state index contributed by atoms with van der Waals surface area (Å²) in [6.45, 7) is 0. The average Bonchev–Trinajstić information content (AvgIpc) is 2.49. The maximum absolute atomic E-state index is 10.1. The molecule has 3 aromatic rings. The highest BCUT2D eigenvalue weighted by Crippen LogP contribution is 2.36. The van der Waals surface area contributed by atoms with Crippen LogP contribution in [0, 0.1) is 11.3 Å². The quantitative estimate of drug-likeness (QED) is 0.716. The van der Waals surface area contributed by atoms with Crippen LogP contribution in [0.2, 0.25) is 0 Å². The third-order valence-electron chi connectivity index (χ3n) is 3.11. The van der Waals surface area contributed by atoms with Crippen LogP contribution in [0.5, 0.6) is 17.2 Å². The molecule has 0 aliphatic rings. The molecule has 1 N–H and O–H groups in total. The van der Waals surface area contributed by atoms with Crippen molar-refractivity contribution in [1.82, 2.24) is 0 Å². The van der Waals surface area contributed by atoms with Gasteiger partial charge in [-0.3, -0.25) is 0 Å². The zero-order valence-corrected chi connectivity index (χ0v) is 12.5. The number of halogens is 1. The Morgan fingerprint density at radius 3 is 2.38 bits per heavy atom. The van der Waals surface area contributed by atoms with Crippen LogP contribution in [0.1, 0.15) is 5.56 Å². The summed E-state index contributed by atoms with van der Waals surface area (Å²) < 4.78 is 6.50. The molecule has 3 nitrogen and oxygen atoms in total. The van der Waals surface area contributed by atoms with E-state index in [9.17, 15) is 5.11 Å². The van der Waals surface area contributed by atoms with Gasteiger partial charge in [-0.05, 0) is 41.1 Å². The van der Waals surface area contributed by atoms with Gasteiger partial charge < -0.3 is 9.84 Å². The lowest BCUT2D eigenvalue weighted by Gasteiger charge is -2.10. The van der Waals surface area contributed by atoms with Gasteiger partial charge in [0, 0.05) is 4.47 Å². The Balaban J connectivity index is 2.06. The number of rotatable bonds is 2. The van der Waals surface area contributed by atoms with E-state index in [2.05, 4.69) is 22.0 Å². The third kappa shape index (κ3) is 2.69. The second-order valence-electron chi connectivity index (χ2n) is 4.52. The minimum atomic E-state index is 0.0421. The Bertz CT molecular complexity index is 868. The van der Waals surface area contributed by atoms with Crippen LogP contribution in [0.3, 0.4) is 0 Å². The number of hydrogen-bond acceptors (Lipinski definition) is 3. The highest BCUT2D eigenvalue weighted by molar-refractivity contribution is 9.10. The van der Waals surface area contributed by atoms with Gasteiger partial charge in [-0.1, -0.05) is 40.2 Å². The van der Waals surface area contributed by atoms with Crippen LogP contribution in [-0.4, -0.2) is 5.11 Å². The highest BCUT2D eigenvalue weighted by atomic mass is 79.9. The van der Waals surface area contributed by atoms with Crippen LogP contribution in [-0.2, 0) is 0 Å². The summed E-state index contributed by atoms with van der Waals surface area (Å²) >= 11 is 3.31. The van der Waals surface area contributed by atoms with Crippen molar-refractivity contribution in [3.8, 4) is 23.3 Å². The van der Waals surface area contributed by atoms with Crippen molar-refractivity contribution in [2.24, 2.45) is 0 Å². The maximum Gasteiger partial charge on any atom is 0.169 e. The number of aromatic hydroxyl groups is 1.